The molecule has 0 unspecified atom stereocenters. The van der Waals surface area contributed by atoms with Gasteiger partial charge >= 0.3 is 0 Å². The molecule has 0 aliphatic carbocycles. The van der Waals surface area contributed by atoms with Crippen LogP contribution in [0.4, 0.5) is 4.39 Å². The van der Waals surface area contributed by atoms with E-state index in [1.807, 2.05) is 48.5 Å². The summed E-state index contributed by atoms with van der Waals surface area (Å²) >= 11 is 6.30. The minimum Gasteiger partial charge on any atom is -0.354 e. The summed E-state index contributed by atoms with van der Waals surface area (Å²) in [5, 5.41) is 3.62. The zero-order chi connectivity index (χ0) is 25.0. The molecular formula is C29H32ClFN2O2. The van der Waals surface area contributed by atoms with Crippen molar-refractivity contribution in [1.29, 1.82) is 0 Å². The number of nitrogens with zero attached hydrogens (tertiary/aromatic N) is 1. The molecule has 0 saturated carbocycles. The molecule has 0 fully saturated rings. The number of hydrogen-bond acceptors (Lipinski definition) is 2. The van der Waals surface area contributed by atoms with Crippen molar-refractivity contribution >= 4 is 23.4 Å². The minimum atomic E-state index is -0.696. The Morgan fingerprint density at radius 1 is 0.943 bits per heavy atom. The van der Waals surface area contributed by atoms with Crippen molar-refractivity contribution in [1.82, 2.24) is 10.2 Å². The van der Waals surface area contributed by atoms with Gasteiger partial charge in [-0.05, 0) is 47.7 Å². The van der Waals surface area contributed by atoms with Gasteiger partial charge in [0.25, 0.3) is 0 Å². The van der Waals surface area contributed by atoms with Crippen LogP contribution in [0.1, 0.15) is 42.9 Å². The molecule has 3 rings (SSSR count). The molecular weight excluding hydrogens is 463 g/mol. The third-order valence-corrected chi connectivity index (χ3v) is 6.30. The van der Waals surface area contributed by atoms with Gasteiger partial charge < -0.3 is 10.2 Å². The fraction of sp³-hybridized carbons (Fsp3) is 0.310. The van der Waals surface area contributed by atoms with Crippen LogP contribution in [0.2, 0.25) is 5.02 Å². The molecule has 0 aromatic heterocycles. The number of aryl methyl sites for hydroxylation is 1. The van der Waals surface area contributed by atoms with E-state index in [-0.39, 0.29) is 30.6 Å². The third-order valence-electron chi connectivity index (χ3n) is 5.93. The summed E-state index contributed by atoms with van der Waals surface area (Å²) in [6.45, 7) is 2.83. The monoisotopic (exact) mass is 494 g/mol. The average molecular weight is 495 g/mol. The first-order valence-corrected chi connectivity index (χ1v) is 12.4. The molecule has 184 valence electrons. The normalized spacial score (nSPS) is 11.6. The van der Waals surface area contributed by atoms with E-state index in [0.29, 0.717) is 24.4 Å². The van der Waals surface area contributed by atoms with Crippen molar-refractivity contribution in [3.8, 4) is 0 Å². The van der Waals surface area contributed by atoms with Gasteiger partial charge in [-0.15, -0.1) is 0 Å². The number of carbonyl (C=O) groups excluding carboxylic acids is 2. The number of halogens is 2. The van der Waals surface area contributed by atoms with Crippen LogP contribution in [0.15, 0.2) is 78.9 Å². The SMILES string of the molecule is CCCCNC(=O)[C@@H](Cc1ccccc1)N(Cc1ccc(F)cc1)C(=O)CCc1ccccc1Cl. The summed E-state index contributed by atoms with van der Waals surface area (Å²) in [6, 6.07) is 22.5. The van der Waals surface area contributed by atoms with E-state index in [9.17, 15) is 14.0 Å². The Morgan fingerprint density at radius 2 is 1.63 bits per heavy atom. The largest absolute Gasteiger partial charge is 0.354 e. The van der Waals surface area contributed by atoms with Crippen LogP contribution in [0, 0.1) is 5.82 Å². The zero-order valence-corrected chi connectivity index (χ0v) is 20.8. The van der Waals surface area contributed by atoms with Crippen LogP contribution in [-0.2, 0) is 29.0 Å². The number of carbonyl (C=O) groups is 2. The second-order valence-corrected chi connectivity index (χ2v) is 9.00. The van der Waals surface area contributed by atoms with Gasteiger partial charge in [-0.3, -0.25) is 9.59 Å². The molecule has 0 heterocycles. The van der Waals surface area contributed by atoms with Crippen LogP contribution in [0.25, 0.3) is 0 Å². The number of benzene rings is 3. The number of amides is 2. The standard InChI is InChI=1S/C29H32ClFN2O2/c1-2-3-19-32-29(35)27(20-22-9-5-4-6-10-22)33(21-23-13-16-25(31)17-14-23)28(34)18-15-24-11-7-8-12-26(24)30/h4-14,16-17,27H,2-3,15,18-21H2,1H3,(H,32,35)/t27-/m1/s1. The van der Waals surface area contributed by atoms with E-state index >= 15 is 0 Å². The molecule has 1 N–H and O–H groups in total. The topological polar surface area (TPSA) is 49.4 Å². The van der Waals surface area contributed by atoms with E-state index in [2.05, 4.69) is 12.2 Å². The van der Waals surface area contributed by atoms with Crippen molar-refractivity contribution in [3.05, 3.63) is 106 Å². The molecule has 2 amide bonds. The molecule has 4 nitrogen and oxygen atoms in total. The van der Waals surface area contributed by atoms with Gasteiger partial charge in [0.05, 0.1) is 0 Å². The lowest BCUT2D eigenvalue weighted by atomic mass is 10.0. The Kier molecular flexibility index (Phi) is 10.3. The maximum atomic E-state index is 13.6. The summed E-state index contributed by atoms with van der Waals surface area (Å²) in [6.07, 6.45) is 2.88. The minimum absolute atomic E-state index is 0.152. The Labute approximate surface area is 212 Å². The van der Waals surface area contributed by atoms with Crippen LogP contribution in [0.5, 0.6) is 0 Å². The van der Waals surface area contributed by atoms with Gasteiger partial charge in [0.15, 0.2) is 0 Å². The molecule has 0 radical (unpaired) electrons. The molecule has 0 bridgehead atoms. The first kappa shape index (κ1) is 26.4. The molecule has 0 spiro atoms. The maximum Gasteiger partial charge on any atom is 0.243 e. The summed E-state index contributed by atoms with van der Waals surface area (Å²) in [5.74, 6) is -0.681. The van der Waals surface area contributed by atoms with Gasteiger partial charge in [0.2, 0.25) is 11.8 Å². The molecule has 0 aliphatic rings. The van der Waals surface area contributed by atoms with Crippen LogP contribution in [-0.4, -0.2) is 29.3 Å². The van der Waals surface area contributed by atoms with Crippen LogP contribution < -0.4 is 5.32 Å². The van der Waals surface area contributed by atoms with Crippen molar-refractivity contribution in [2.75, 3.05) is 6.54 Å². The Morgan fingerprint density at radius 3 is 2.31 bits per heavy atom. The third kappa shape index (κ3) is 8.22. The molecule has 0 aliphatic heterocycles. The number of unbranched alkanes of at least 4 members (excludes halogenated alkanes) is 1. The van der Waals surface area contributed by atoms with E-state index in [1.165, 1.54) is 12.1 Å². The van der Waals surface area contributed by atoms with E-state index in [1.54, 1.807) is 23.1 Å². The lowest BCUT2D eigenvalue weighted by molar-refractivity contribution is -0.141. The van der Waals surface area contributed by atoms with Crippen molar-refractivity contribution in [3.63, 3.8) is 0 Å². The van der Waals surface area contributed by atoms with E-state index < -0.39 is 6.04 Å². The highest BCUT2D eigenvalue weighted by molar-refractivity contribution is 6.31. The maximum absolute atomic E-state index is 13.6. The van der Waals surface area contributed by atoms with Gasteiger partial charge in [0, 0.05) is 31.0 Å². The second-order valence-electron chi connectivity index (χ2n) is 8.59. The van der Waals surface area contributed by atoms with Gasteiger partial charge in [-0.2, -0.15) is 0 Å². The van der Waals surface area contributed by atoms with Crippen molar-refractivity contribution in [2.45, 2.75) is 51.6 Å². The molecule has 35 heavy (non-hydrogen) atoms. The molecule has 3 aromatic carbocycles. The zero-order valence-electron chi connectivity index (χ0n) is 20.1. The Hall–Kier alpha value is -3.18. The highest BCUT2D eigenvalue weighted by Crippen LogP contribution is 2.20. The summed E-state index contributed by atoms with van der Waals surface area (Å²) in [5.41, 5.74) is 2.61. The lowest BCUT2D eigenvalue weighted by Gasteiger charge is -2.31. The Balaban J connectivity index is 1.88. The van der Waals surface area contributed by atoms with E-state index in [0.717, 1.165) is 29.5 Å². The van der Waals surface area contributed by atoms with Crippen molar-refractivity contribution < 1.29 is 14.0 Å². The molecule has 0 saturated heterocycles. The predicted molar refractivity (Wildman–Crippen MR) is 139 cm³/mol. The Bertz CT molecular complexity index is 1090. The van der Waals surface area contributed by atoms with Crippen LogP contribution in [0.3, 0.4) is 0 Å². The summed E-state index contributed by atoms with van der Waals surface area (Å²) in [7, 11) is 0. The van der Waals surface area contributed by atoms with Gasteiger partial charge in [0.1, 0.15) is 11.9 Å². The van der Waals surface area contributed by atoms with Crippen LogP contribution >= 0.6 is 11.6 Å². The highest BCUT2D eigenvalue weighted by atomic mass is 35.5. The molecule has 3 aromatic rings. The number of nitrogens with one attached hydrogen (secondary N) is 1. The summed E-state index contributed by atoms with van der Waals surface area (Å²) < 4.78 is 13.5. The predicted octanol–water partition coefficient (Wildman–Crippen LogP) is 5.97. The summed E-state index contributed by atoms with van der Waals surface area (Å²) in [4.78, 5) is 28.6. The van der Waals surface area contributed by atoms with Gasteiger partial charge in [-0.25, -0.2) is 4.39 Å². The van der Waals surface area contributed by atoms with Gasteiger partial charge in [-0.1, -0.05) is 85.6 Å². The lowest BCUT2D eigenvalue weighted by Crippen LogP contribution is -2.50. The number of hydrogen-bond donors (Lipinski definition) is 1. The second kappa shape index (κ2) is 13.6. The molecule has 6 heteroatoms. The number of rotatable bonds is 12. The highest BCUT2D eigenvalue weighted by Gasteiger charge is 2.30. The fourth-order valence-corrected chi connectivity index (χ4v) is 4.16. The fourth-order valence-electron chi connectivity index (χ4n) is 3.93. The van der Waals surface area contributed by atoms with Crippen molar-refractivity contribution in [2.24, 2.45) is 0 Å². The first-order chi connectivity index (χ1) is 17.0. The quantitative estimate of drug-likeness (QED) is 0.315. The first-order valence-electron chi connectivity index (χ1n) is 12.1. The molecule has 1 atom stereocenters. The van der Waals surface area contributed by atoms with E-state index in [4.69, 9.17) is 11.6 Å². The average Bonchev–Trinajstić information content (AvgIpc) is 2.87. The smallest absolute Gasteiger partial charge is 0.243 e.